The Labute approximate surface area is 88.7 Å². The van der Waals surface area contributed by atoms with Crippen LogP contribution in [0.15, 0.2) is 18.2 Å². The number of aryl methyl sites for hydroxylation is 1. The number of hydrogen-bond donors (Lipinski definition) is 1. The Balaban J connectivity index is 2.85. The molecule has 1 rings (SSSR count). The number of hydrogen-bond acceptors (Lipinski definition) is 2. The maximum Gasteiger partial charge on any atom is 0.307 e. The van der Waals surface area contributed by atoms with Gasteiger partial charge in [0.1, 0.15) is 12.4 Å². The first-order valence-corrected chi connectivity index (χ1v) is 4.51. The molecule has 0 saturated heterocycles. The highest BCUT2D eigenvalue weighted by atomic mass is 16.5. The number of ether oxygens (including phenoxy) is 1. The average molecular weight is 204 g/mol. The van der Waals surface area contributed by atoms with E-state index in [-0.39, 0.29) is 13.0 Å². The number of benzene rings is 1. The number of terminal acetylenes is 1. The Kier molecular flexibility index (Phi) is 3.75. The molecule has 0 atom stereocenters. The largest absolute Gasteiger partial charge is 0.481 e. The standard InChI is InChI=1S/C12H12O3/c1-3-6-15-11-7-10(8-12(13)14)5-4-9(11)2/h1,4-5,7H,6,8H2,2H3,(H,13,14). The van der Waals surface area contributed by atoms with E-state index in [1.54, 1.807) is 12.1 Å². The van der Waals surface area contributed by atoms with Crippen LogP contribution in [0.3, 0.4) is 0 Å². The van der Waals surface area contributed by atoms with Crippen LogP contribution in [-0.2, 0) is 11.2 Å². The van der Waals surface area contributed by atoms with Gasteiger partial charge < -0.3 is 9.84 Å². The lowest BCUT2D eigenvalue weighted by molar-refractivity contribution is -0.136. The number of aliphatic carboxylic acids is 1. The first kappa shape index (κ1) is 11.1. The van der Waals surface area contributed by atoms with E-state index < -0.39 is 5.97 Å². The van der Waals surface area contributed by atoms with Gasteiger partial charge in [-0.3, -0.25) is 4.79 Å². The molecule has 0 spiro atoms. The highest BCUT2D eigenvalue weighted by Gasteiger charge is 2.04. The molecule has 0 aliphatic heterocycles. The Morgan fingerprint density at radius 3 is 2.93 bits per heavy atom. The lowest BCUT2D eigenvalue weighted by Crippen LogP contribution is -2.02. The first-order chi connectivity index (χ1) is 7.13. The summed E-state index contributed by atoms with van der Waals surface area (Å²) in [6.45, 7) is 2.08. The summed E-state index contributed by atoms with van der Waals surface area (Å²) < 4.78 is 5.28. The molecular weight excluding hydrogens is 192 g/mol. The molecule has 0 saturated carbocycles. The zero-order valence-corrected chi connectivity index (χ0v) is 8.49. The van der Waals surface area contributed by atoms with Gasteiger partial charge in [0.2, 0.25) is 0 Å². The number of carboxylic acid groups (broad SMARTS) is 1. The quantitative estimate of drug-likeness (QED) is 0.758. The van der Waals surface area contributed by atoms with Crippen LogP contribution in [0.1, 0.15) is 11.1 Å². The van der Waals surface area contributed by atoms with Crippen LogP contribution in [0, 0.1) is 19.3 Å². The molecule has 0 amide bonds. The van der Waals surface area contributed by atoms with Gasteiger partial charge in [0.25, 0.3) is 0 Å². The van der Waals surface area contributed by atoms with Crippen molar-refractivity contribution in [1.82, 2.24) is 0 Å². The zero-order valence-electron chi connectivity index (χ0n) is 8.49. The van der Waals surface area contributed by atoms with E-state index in [4.69, 9.17) is 16.3 Å². The summed E-state index contributed by atoms with van der Waals surface area (Å²) in [7, 11) is 0. The normalized spacial score (nSPS) is 9.33. The van der Waals surface area contributed by atoms with Crippen molar-refractivity contribution in [2.45, 2.75) is 13.3 Å². The van der Waals surface area contributed by atoms with Crippen LogP contribution in [0.2, 0.25) is 0 Å². The molecule has 1 aromatic rings. The predicted octanol–water partition coefficient (Wildman–Crippen LogP) is 1.63. The second-order valence-corrected chi connectivity index (χ2v) is 3.16. The molecule has 0 radical (unpaired) electrons. The third-order valence-electron chi connectivity index (χ3n) is 1.92. The third-order valence-corrected chi connectivity index (χ3v) is 1.92. The first-order valence-electron chi connectivity index (χ1n) is 4.51. The van der Waals surface area contributed by atoms with Crippen molar-refractivity contribution in [1.29, 1.82) is 0 Å². The molecule has 0 aromatic heterocycles. The topological polar surface area (TPSA) is 46.5 Å². The summed E-state index contributed by atoms with van der Waals surface area (Å²) in [6, 6.07) is 5.30. The van der Waals surface area contributed by atoms with Crippen LogP contribution in [0.25, 0.3) is 0 Å². The van der Waals surface area contributed by atoms with Crippen molar-refractivity contribution in [2.75, 3.05) is 6.61 Å². The van der Waals surface area contributed by atoms with Crippen molar-refractivity contribution in [3.63, 3.8) is 0 Å². The van der Waals surface area contributed by atoms with Crippen LogP contribution >= 0.6 is 0 Å². The zero-order chi connectivity index (χ0) is 11.3. The van der Waals surface area contributed by atoms with Gasteiger partial charge in [-0.05, 0) is 24.1 Å². The summed E-state index contributed by atoms with van der Waals surface area (Å²) in [5, 5.41) is 8.63. The lowest BCUT2D eigenvalue weighted by atomic mass is 10.1. The molecule has 3 heteroatoms. The predicted molar refractivity (Wildman–Crippen MR) is 56.8 cm³/mol. The van der Waals surface area contributed by atoms with Gasteiger partial charge in [0, 0.05) is 0 Å². The number of rotatable bonds is 4. The van der Waals surface area contributed by atoms with Crippen LogP contribution in [0.4, 0.5) is 0 Å². The highest BCUT2D eigenvalue weighted by molar-refractivity contribution is 5.70. The summed E-state index contributed by atoms with van der Waals surface area (Å²) in [5.74, 6) is 2.15. The number of carbonyl (C=O) groups is 1. The fraction of sp³-hybridized carbons (Fsp3) is 0.250. The Hall–Kier alpha value is -1.95. The molecule has 1 N–H and O–H groups in total. The molecule has 15 heavy (non-hydrogen) atoms. The van der Waals surface area contributed by atoms with Crippen molar-refractivity contribution in [3.05, 3.63) is 29.3 Å². The van der Waals surface area contributed by atoms with E-state index in [9.17, 15) is 4.79 Å². The molecule has 78 valence electrons. The van der Waals surface area contributed by atoms with Gasteiger partial charge >= 0.3 is 5.97 Å². The smallest absolute Gasteiger partial charge is 0.307 e. The summed E-state index contributed by atoms with van der Waals surface area (Å²) in [5.41, 5.74) is 1.65. The summed E-state index contributed by atoms with van der Waals surface area (Å²) in [4.78, 5) is 10.5. The molecule has 0 bridgehead atoms. The molecular formula is C12H12O3. The van der Waals surface area contributed by atoms with Crippen molar-refractivity contribution in [2.24, 2.45) is 0 Å². The van der Waals surface area contributed by atoms with E-state index in [2.05, 4.69) is 5.92 Å². The fourth-order valence-corrected chi connectivity index (χ4v) is 1.20. The SMILES string of the molecule is C#CCOc1cc(CC(=O)O)ccc1C. The lowest BCUT2D eigenvalue weighted by Gasteiger charge is -2.07. The molecule has 0 unspecified atom stereocenters. The maximum atomic E-state index is 10.5. The van der Waals surface area contributed by atoms with Gasteiger partial charge in [-0.25, -0.2) is 0 Å². The van der Waals surface area contributed by atoms with Gasteiger partial charge in [-0.1, -0.05) is 18.1 Å². The number of carboxylic acids is 1. The molecule has 1 aromatic carbocycles. The van der Waals surface area contributed by atoms with Gasteiger partial charge in [-0.2, -0.15) is 0 Å². The van der Waals surface area contributed by atoms with E-state index in [1.807, 2.05) is 13.0 Å². The van der Waals surface area contributed by atoms with Crippen molar-refractivity contribution >= 4 is 5.97 Å². The summed E-state index contributed by atoms with van der Waals surface area (Å²) >= 11 is 0. The molecule has 0 aliphatic rings. The average Bonchev–Trinajstić information content (AvgIpc) is 2.18. The van der Waals surface area contributed by atoms with Crippen LogP contribution < -0.4 is 4.74 Å². The van der Waals surface area contributed by atoms with Crippen molar-refractivity contribution < 1.29 is 14.6 Å². The molecule has 0 aliphatic carbocycles. The minimum atomic E-state index is -0.859. The highest BCUT2D eigenvalue weighted by Crippen LogP contribution is 2.19. The second-order valence-electron chi connectivity index (χ2n) is 3.16. The second kappa shape index (κ2) is 5.06. The Bertz CT molecular complexity index is 402. The Morgan fingerprint density at radius 1 is 1.60 bits per heavy atom. The van der Waals surface area contributed by atoms with E-state index in [0.29, 0.717) is 11.3 Å². The Morgan fingerprint density at radius 2 is 2.33 bits per heavy atom. The maximum absolute atomic E-state index is 10.5. The summed E-state index contributed by atoms with van der Waals surface area (Å²) in [6.07, 6.45) is 5.07. The molecule has 0 heterocycles. The fourth-order valence-electron chi connectivity index (χ4n) is 1.20. The van der Waals surface area contributed by atoms with Gasteiger partial charge in [0.05, 0.1) is 6.42 Å². The van der Waals surface area contributed by atoms with Gasteiger partial charge in [0.15, 0.2) is 0 Å². The molecule has 3 nitrogen and oxygen atoms in total. The third kappa shape index (κ3) is 3.35. The van der Waals surface area contributed by atoms with E-state index in [1.165, 1.54) is 0 Å². The monoisotopic (exact) mass is 204 g/mol. The van der Waals surface area contributed by atoms with Crippen molar-refractivity contribution in [3.8, 4) is 18.1 Å². The minimum absolute atomic E-state index is 0.00725. The molecule has 0 fully saturated rings. The van der Waals surface area contributed by atoms with Gasteiger partial charge in [-0.15, -0.1) is 6.42 Å². The van der Waals surface area contributed by atoms with Crippen LogP contribution in [0.5, 0.6) is 5.75 Å². The minimum Gasteiger partial charge on any atom is -0.481 e. The van der Waals surface area contributed by atoms with E-state index in [0.717, 1.165) is 5.56 Å². The van der Waals surface area contributed by atoms with Crippen LogP contribution in [-0.4, -0.2) is 17.7 Å². The van der Waals surface area contributed by atoms with E-state index >= 15 is 0 Å².